The van der Waals surface area contributed by atoms with E-state index < -0.39 is 11.8 Å². The summed E-state index contributed by atoms with van der Waals surface area (Å²) in [5, 5.41) is 8.82. The molecule has 0 aliphatic heterocycles. The highest BCUT2D eigenvalue weighted by Gasteiger charge is 2.14. The molecule has 0 saturated carbocycles. The molecule has 0 saturated heterocycles. The highest BCUT2D eigenvalue weighted by Crippen LogP contribution is 2.22. The highest BCUT2D eigenvalue weighted by atomic mass is 79.9. The van der Waals surface area contributed by atoms with Crippen LogP contribution >= 0.6 is 15.9 Å². The Morgan fingerprint density at radius 3 is 2.89 bits per heavy atom. The summed E-state index contributed by atoms with van der Waals surface area (Å²) in [6.07, 6.45) is 1.27. The van der Waals surface area contributed by atoms with Crippen molar-refractivity contribution in [2.45, 2.75) is 6.61 Å². The molecule has 1 heterocycles. The fraction of sp³-hybridized carbons (Fsp3) is 0.0833. The molecule has 0 bridgehead atoms. The van der Waals surface area contributed by atoms with Crippen LogP contribution in [0.25, 0.3) is 0 Å². The summed E-state index contributed by atoms with van der Waals surface area (Å²) in [5.74, 6) is -1.47. The predicted molar refractivity (Wildman–Crippen MR) is 64.1 cm³/mol. The Labute approximate surface area is 110 Å². The minimum absolute atomic E-state index is 0.000788. The van der Waals surface area contributed by atoms with Gasteiger partial charge in [-0.1, -0.05) is 0 Å². The molecule has 1 aromatic carbocycles. The van der Waals surface area contributed by atoms with E-state index >= 15 is 0 Å². The quantitative estimate of drug-likeness (QED) is 0.939. The van der Waals surface area contributed by atoms with Gasteiger partial charge in [-0.3, -0.25) is 0 Å². The average Bonchev–Trinajstić information content (AvgIpc) is 2.79. The summed E-state index contributed by atoms with van der Waals surface area (Å²) in [6.45, 7) is -0.000788. The number of benzene rings is 1. The zero-order chi connectivity index (χ0) is 13.1. The van der Waals surface area contributed by atoms with Crippen molar-refractivity contribution in [1.82, 2.24) is 0 Å². The number of ether oxygens (including phenoxy) is 1. The summed E-state index contributed by atoms with van der Waals surface area (Å²) in [4.78, 5) is 10.8. The average molecular weight is 315 g/mol. The van der Waals surface area contributed by atoms with E-state index in [1.54, 1.807) is 6.07 Å². The Morgan fingerprint density at radius 2 is 2.22 bits per heavy atom. The topological polar surface area (TPSA) is 59.7 Å². The number of hydrogen-bond acceptors (Lipinski definition) is 3. The van der Waals surface area contributed by atoms with Gasteiger partial charge in [0.1, 0.15) is 18.2 Å². The molecule has 2 rings (SSSR count). The molecule has 0 radical (unpaired) electrons. The summed E-state index contributed by atoms with van der Waals surface area (Å²) in [5.41, 5.74) is 0.394. The molecule has 1 aromatic heterocycles. The molecule has 1 N–H and O–H groups in total. The molecule has 0 fully saturated rings. The second-order valence-corrected chi connectivity index (χ2v) is 4.30. The number of carboxylic acid groups (broad SMARTS) is 1. The summed E-state index contributed by atoms with van der Waals surface area (Å²) in [6, 6.07) is 5.80. The zero-order valence-corrected chi connectivity index (χ0v) is 10.6. The third-order valence-corrected chi connectivity index (χ3v) is 2.87. The first-order valence-electron chi connectivity index (χ1n) is 4.95. The normalized spacial score (nSPS) is 10.3. The molecule has 0 amide bonds. The maximum atomic E-state index is 13.2. The first kappa shape index (κ1) is 12.6. The van der Waals surface area contributed by atoms with Crippen molar-refractivity contribution in [1.29, 1.82) is 0 Å². The van der Waals surface area contributed by atoms with Crippen molar-refractivity contribution in [2.24, 2.45) is 0 Å². The number of aromatic carboxylic acids is 1. The number of rotatable bonds is 4. The molecule has 6 heteroatoms. The van der Waals surface area contributed by atoms with Crippen molar-refractivity contribution in [3.05, 3.63) is 52.1 Å². The van der Waals surface area contributed by atoms with Crippen LogP contribution in [0.2, 0.25) is 0 Å². The van der Waals surface area contributed by atoms with Gasteiger partial charge in [-0.15, -0.1) is 0 Å². The van der Waals surface area contributed by atoms with Crippen LogP contribution in [-0.4, -0.2) is 11.1 Å². The van der Waals surface area contributed by atoms with Gasteiger partial charge < -0.3 is 14.3 Å². The number of carbonyl (C=O) groups is 1. The zero-order valence-electron chi connectivity index (χ0n) is 9.02. The summed E-state index contributed by atoms with van der Waals surface area (Å²) < 4.78 is 23.6. The van der Waals surface area contributed by atoms with Gasteiger partial charge in [0.05, 0.1) is 10.7 Å². The van der Waals surface area contributed by atoms with E-state index in [2.05, 4.69) is 15.9 Å². The molecule has 0 spiro atoms. The Balaban J connectivity index is 2.09. The van der Waals surface area contributed by atoms with E-state index in [4.69, 9.17) is 14.3 Å². The van der Waals surface area contributed by atoms with Gasteiger partial charge in [-0.25, -0.2) is 9.18 Å². The first-order valence-corrected chi connectivity index (χ1v) is 5.74. The van der Waals surface area contributed by atoms with Gasteiger partial charge >= 0.3 is 5.97 Å². The number of halogens is 2. The minimum atomic E-state index is -1.17. The van der Waals surface area contributed by atoms with E-state index in [0.29, 0.717) is 15.8 Å². The lowest BCUT2D eigenvalue weighted by atomic mass is 10.2. The van der Waals surface area contributed by atoms with Gasteiger partial charge in [0.25, 0.3) is 0 Å². The van der Waals surface area contributed by atoms with Crippen LogP contribution in [0.5, 0.6) is 5.75 Å². The van der Waals surface area contributed by atoms with Crippen LogP contribution in [0.1, 0.15) is 16.1 Å². The predicted octanol–water partition coefficient (Wildman–Crippen LogP) is 3.46. The third-order valence-electron chi connectivity index (χ3n) is 2.23. The van der Waals surface area contributed by atoms with Crippen LogP contribution in [-0.2, 0) is 6.61 Å². The fourth-order valence-electron chi connectivity index (χ4n) is 1.36. The second kappa shape index (κ2) is 5.22. The van der Waals surface area contributed by atoms with E-state index in [9.17, 15) is 9.18 Å². The largest absolute Gasteiger partial charge is 0.489 e. The first-order chi connectivity index (χ1) is 8.58. The lowest BCUT2D eigenvalue weighted by Gasteiger charge is -2.05. The van der Waals surface area contributed by atoms with Crippen molar-refractivity contribution in [2.75, 3.05) is 0 Å². The Bertz CT molecular complexity index is 579. The monoisotopic (exact) mass is 314 g/mol. The van der Waals surface area contributed by atoms with E-state index in [1.165, 1.54) is 24.5 Å². The summed E-state index contributed by atoms with van der Waals surface area (Å²) >= 11 is 3.03. The Kier molecular flexibility index (Phi) is 3.66. The van der Waals surface area contributed by atoms with Crippen LogP contribution in [0, 0.1) is 5.82 Å². The fourth-order valence-corrected chi connectivity index (χ4v) is 1.61. The molecule has 0 atom stereocenters. The number of carboxylic acids is 1. The third kappa shape index (κ3) is 2.70. The molecule has 2 aromatic rings. The molecule has 4 nitrogen and oxygen atoms in total. The van der Waals surface area contributed by atoms with E-state index in [-0.39, 0.29) is 12.4 Å². The maximum absolute atomic E-state index is 13.2. The van der Waals surface area contributed by atoms with Gasteiger partial charge in [0.15, 0.2) is 0 Å². The number of furan rings is 1. The second-order valence-electron chi connectivity index (χ2n) is 3.44. The molecular formula is C12H8BrFO4. The van der Waals surface area contributed by atoms with Gasteiger partial charge in [-0.05, 0) is 34.1 Å². The Hall–Kier alpha value is -1.82. The lowest BCUT2D eigenvalue weighted by molar-refractivity contribution is 0.0658. The van der Waals surface area contributed by atoms with Crippen LogP contribution in [0.15, 0.2) is 39.4 Å². The van der Waals surface area contributed by atoms with Crippen LogP contribution in [0.3, 0.4) is 0 Å². The van der Waals surface area contributed by atoms with Crippen LogP contribution < -0.4 is 4.74 Å². The molecule has 0 aliphatic rings. The SMILES string of the molecule is O=C(O)c1occc1COc1ccc(Br)c(F)c1. The minimum Gasteiger partial charge on any atom is -0.489 e. The highest BCUT2D eigenvalue weighted by molar-refractivity contribution is 9.10. The summed E-state index contributed by atoms with van der Waals surface area (Å²) in [7, 11) is 0. The number of hydrogen-bond donors (Lipinski definition) is 1. The Morgan fingerprint density at radius 1 is 1.44 bits per heavy atom. The van der Waals surface area contributed by atoms with Crippen molar-refractivity contribution < 1.29 is 23.4 Å². The van der Waals surface area contributed by atoms with Crippen molar-refractivity contribution >= 4 is 21.9 Å². The smallest absolute Gasteiger partial charge is 0.372 e. The maximum Gasteiger partial charge on any atom is 0.372 e. The molecular weight excluding hydrogens is 307 g/mol. The molecule has 18 heavy (non-hydrogen) atoms. The van der Waals surface area contributed by atoms with Crippen molar-refractivity contribution in [3.8, 4) is 5.75 Å². The van der Waals surface area contributed by atoms with Crippen molar-refractivity contribution in [3.63, 3.8) is 0 Å². The van der Waals surface area contributed by atoms with Gasteiger partial charge in [0, 0.05) is 11.6 Å². The molecule has 0 aliphatic carbocycles. The molecule has 94 valence electrons. The van der Waals surface area contributed by atoms with Gasteiger partial charge in [-0.2, -0.15) is 0 Å². The van der Waals surface area contributed by atoms with Gasteiger partial charge in [0.2, 0.25) is 5.76 Å². The van der Waals surface area contributed by atoms with Crippen LogP contribution in [0.4, 0.5) is 4.39 Å². The lowest BCUT2D eigenvalue weighted by Crippen LogP contribution is -2.02. The van der Waals surface area contributed by atoms with E-state index in [0.717, 1.165) is 0 Å². The standard InChI is InChI=1S/C12H8BrFO4/c13-9-2-1-8(5-10(9)14)18-6-7-3-4-17-11(7)12(15)16/h1-5H,6H2,(H,15,16). The van der Waals surface area contributed by atoms with E-state index in [1.807, 2.05) is 0 Å². The molecule has 0 unspecified atom stereocenters.